The van der Waals surface area contributed by atoms with E-state index in [4.69, 9.17) is 10.8 Å². The number of hydrogen-bond donors (Lipinski definition) is 1. The SMILES string of the molecule is C1CCC(C2CCCC[N-]2)[N-]C1.[Cl][Pt].[NH-]CC(=O)O. The fraction of sp³-hybridized carbons (Fsp3) is 0.917. The molecule has 0 bridgehead atoms. The predicted octanol–water partition coefficient (Wildman–Crippen LogP) is 3.65. The minimum atomic E-state index is -1.08. The second-order valence-corrected chi connectivity index (χ2v) is 4.51. The minimum Gasteiger partial charge on any atom is -0.668 e. The van der Waals surface area contributed by atoms with E-state index in [1.807, 2.05) is 0 Å². The van der Waals surface area contributed by atoms with E-state index >= 15 is 0 Å². The van der Waals surface area contributed by atoms with Gasteiger partial charge in [-0.1, -0.05) is 45.1 Å². The van der Waals surface area contributed by atoms with Crippen LogP contribution >= 0.6 is 9.42 Å². The first-order chi connectivity index (χ1) is 9.24. The Labute approximate surface area is 130 Å². The van der Waals surface area contributed by atoms with Crippen LogP contribution in [0.4, 0.5) is 0 Å². The van der Waals surface area contributed by atoms with Gasteiger partial charge in [0.1, 0.15) is 0 Å². The van der Waals surface area contributed by atoms with Crippen LogP contribution in [-0.2, 0) is 23.6 Å². The van der Waals surface area contributed by atoms with Crippen molar-refractivity contribution in [2.24, 2.45) is 0 Å². The zero-order valence-corrected chi connectivity index (χ0v) is 14.0. The van der Waals surface area contributed by atoms with Gasteiger partial charge in [-0.05, 0) is 0 Å². The summed E-state index contributed by atoms with van der Waals surface area (Å²) in [5, 5.41) is 16.9. The Kier molecular flexibility index (Phi) is 13.5. The van der Waals surface area contributed by atoms with Crippen LogP contribution in [0.2, 0.25) is 0 Å². The van der Waals surface area contributed by atoms with Crippen molar-refractivity contribution >= 4 is 15.4 Å². The molecule has 2 rings (SSSR count). The van der Waals surface area contributed by atoms with Crippen LogP contribution in [0.5, 0.6) is 0 Å². The Hall–Kier alpha value is 0.328. The molecule has 0 saturated carbocycles. The number of rotatable bonds is 2. The third kappa shape index (κ3) is 9.80. The Bertz CT molecular complexity index is 207. The summed E-state index contributed by atoms with van der Waals surface area (Å²) in [4.78, 5) is 9.18. The maximum Gasteiger partial charge on any atom is 0.282 e. The molecule has 2 N–H and O–H groups in total. The number of nitrogens with one attached hydrogen (secondary N) is 1. The van der Waals surface area contributed by atoms with Gasteiger partial charge in [0.15, 0.2) is 0 Å². The summed E-state index contributed by atoms with van der Waals surface area (Å²) in [6, 6.07) is 1.19. The number of halogens is 1. The van der Waals surface area contributed by atoms with E-state index in [0.717, 1.165) is 13.1 Å². The zero-order chi connectivity index (χ0) is 14.5. The van der Waals surface area contributed by atoms with Gasteiger partial charge in [-0.2, -0.15) is 12.1 Å². The van der Waals surface area contributed by atoms with Crippen LogP contribution in [0.3, 0.4) is 0 Å². The molecule has 0 spiro atoms. The fourth-order valence-electron chi connectivity index (χ4n) is 2.26. The van der Waals surface area contributed by atoms with Crippen molar-refractivity contribution in [2.75, 3.05) is 19.6 Å². The number of nitrogens with zero attached hydrogens (tertiary/aromatic N) is 2. The van der Waals surface area contributed by atoms with E-state index in [9.17, 15) is 4.79 Å². The molecule has 0 aromatic carbocycles. The fourth-order valence-corrected chi connectivity index (χ4v) is 2.26. The van der Waals surface area contributed by atoms with Crippen molar-refractivity contribution in [2.45, 2.75) is 50.6 Å². The number of hydrogen-bond acceptors (Lipinski definition) is 1. The average molecular weight is 471 g/mol. The van der Waals surface area contributed by atoms with Gasteiger partial charge in [0.2, 0.25) is 0 Å². The smallest absolute Gasteiger partial charge is 0.282 e. The van der Waals surface area contributed by atoms with Crippen molar-refractivity contribution in [3.63, 3.8) is 0 Å². The molecular formula is C12H22ClN3O2Pt-3. The molecule has 2 aliphatic rings. The maximum absolute atomic E-state index is 9.18. The van der Waals surface area contributed by atoms with Gasteiger partial charge < -0.3 is 21.5 Å². The van der Waals surface area contributed by atoms with E-state index < -0.39 is 12.5 Å². The molecule has 117 valence electrons. The third-order valence-electron chi connectivity index (χ3n) is 3.14. The van der Waals surface area contributed by atoms with Gasteiger partial charge in [0, 0.05) is 0 Å². The van der Waals surface area contributed by atoms with Crippen LogP contribution in [0.25, 0.3) is 16.4 Å². The van der Waals surface area contributed by atoms with E-state index in [2.05, 4.69) is 20.1 Å². The van der Waals surface area contributed by atoms with Crippen LogP contribution < -0.4 is 0 Å². The first kappa shape index (κ1) is 19.3. The van der Waals surface area contributed by atoms with Crippen molar-refractivity contribution in [3.05, 3.63) is 16.4 Å². The second-order valence-electron chi connectivity index (χ2n) is 4.51. The van der Waals surface area contributed by atoms with Gasteiger partial charge in [-0.3, -0.25) is 4.79 Å². The normalized spacial score (nSPS) is 26.3. The van der Waals surface area contributed by atoms with E-state index in [1.54, 1.807) is 18.8 Å². The molecule has 0 amide bonds. The summed E-state index contributed by atoms with van der Waals surface area (Å²) >= 11 is 1.61. The van der Waals surface area contributed by atoms with Crippen LogP contribution in [-0.4, -0.2) is 42.8 Å². The topological polar surface area (TPSA) is 89.3 Å². The van der Waals surface area contributed by atoms with Crippen LogP contribution in [0.1, 0.15) is 38.5 Å². The number of carbonyl (C=O) groups is 1. The van der Waals surface area contributed by atoms with E-state index in [1.165, 1.54) is 38.5 Å². The number of piperidine rings is 2. The Morgan fingerprint density at radius 3 is 1.68 bits per heavy atom. The van der Waals surface area contributed by atoms with Gasteiger partial charge in [0.25, 0.3) is 5.97 Å². The zero-order valence-electron chi connectivity index (χ0n) is 11.0. The van der Waals surface area contributed by atoms with Crippen LogP contribution in [0.15, 0.2) is 0 Å². The minimum absolute atomic E-state index is 0.528. The molecule has 2 fully saturated rings. The van der Waals surface area contributed by atoms with Gasteiger partial charge >= 0.3 is 28.2 Å². The molecule has 0 radical (unpaired) electrons. The number of carboxylic acid groups (broad SMARTS) is 1. The quantitative estimate of drug-likeness (QED) is 0.667. The average Bonchev–Trinajstić information content (AvgIpc) is 2.51. The summed E-state index contributed by atoms with van der Waals surface area (Å²) in [6.45, 7) is 1.66. The molecule has 0 aliphatic carbocycles. The summed E-state index contributed by atoms with van der Waals surface area (Å²) in [6.07, 6.45) is 7.97. The van der Waals surface area contributed by atoms with Crippen molar-refractivity contribution < 1.29 is 28.7 Å². The summed E-state index contributed by atoms with van der Waals surface area (Å²) in [5.74, 6) is -1.08. The van der Waals surface area contributed by atoms with Crippen molar-refractivity contribution in [3.8, 4) is 0 Å². The van der Waals surface area contributed by atoms with E-state index in [-0.39, 0.29) is 0 Å². The van der Waals surface area contributed by atoms with Crippen LogP contribution in [0, 0.1) is 0 Å². The summed E-state index contributed by atoms with van der Waals surface area (Å²) in [7, 11) is 4.61. The van der Waals surface area contributed by atoms with Crippen molar-refractivity contribution in [1.82, 2.24) is 0 Å². The first-order valence-corrected chi connectivity index (χ1v) is 9.37. The molecule has 2 aliphatic heterocycles. The molecule has 2 atom stereocenters. The summed E-state index contributed by atoms with van der Waals surface area (Å²) < 4.78 is 0. The van der Waals surface area contributed by atoms with Gasteiger partial charge in [-0.25, -0.2) is 0 Å². The molecule has 2 unspecified atom stereocenters. The second kappa shape index (κ2) is 13.3. The number of carboxylic acids is 1. The third-order valence-corrected chi connectivity index (χ3v) is 3.14. The molecule has 5 nitrogen and oxygen atoms in total. The number of aliphatic carboxylic acids is 1. The Morgan fingerprint density at radius 1 is 1.11 bits per heavy atom. The van der Waals surface area contributed by atoms with E-state index in [0.29, 0.717) is 12.1 Å². The molecule has 2 saturated heterocycles. The monoisotopic (exact) mass is 470 g/mol. The largest absolute Gasteiger partial charge is 0.668 e. The molecule has 0 aromatic heterocycles. The molecule has 2 heterocycles. The molecule has 19 heavy (non-hydrogen) atoms. The standard InChI is InChI=1S/C10H18N2.C2H4NO2.ClH.Pt/c1-3-7-11-9(5-1)10-6-2-4-8-12-10;3-1-2(4)5;;/h9-10H,1-8H2;3H,1H2,(H,4,5);1H;/q-2;-1;;+1/p-1. The van der Waals surface area contributed by atoms with Crippen molar-refractivity contribution in [1.29, 1.82) is 0 Å². The Morgan fingerprint density at radius 2 is 1.47 bits per heavy atom. The Balaban J connectivity index is 0.000000396. The maximum atomic E-state index is 9.18. The first-order valence-electron chi connectivity index (χ1n) is 6.55. The molecular weight excluding hydrogens is 449 g/mol. The molecule has 0 aromatic rings. The summed E-state index contributed by atoms with van der Waals surface area (Å²) in [5.41, 5.74) is 6.06. The van der Waals surface area contributed by atoms with Gasteiger partial charge in [-0.15, -0.1) is 13.1 Å². The van der Waals surface area contributed by atoms with Gasteiger partial charge in [0.05, 0.1) is 0 Å². The molecule has 7 heteroatoms. The predicted molar refractivity (Wildman–Crippen MR) is 74.4 cm³/mol.